The van der Waals surface area contributed by atoms with Crippen molar-refractivity contribution in [3.05, 3.63) is 0 Å². The van der Waals surface area contributed by atoms with Crippen LogP contribution in [0, 0.1) is 0 Å². The molecule has 0 saturated carbocycles. The summed E-state index contributed by atoms with van der Waals surface area (Å²) in [7, 11) is 2.13. The second kappa shape index (κ2) is 5.98. The Balaban J connectivity index is 2.03. The molecule has 4 nitrogen and oxygen atoms in total. The Kier molecular flexibility index (Phi) is 4.90. The topological polar surface area (TPSA) is 52.6 Å². The van der Waals surface area contributed by atoms with E-state index in [1.807, 2.05) is 0 Å². The van der Waals surface area contributed by atoms with Crippen molar-refractivity contribution in [1.29, 1.82) is 0 Å². The summed E-state index contributed by atoms with van der Waals surface area (Å²) in [4.78, 5) is 12.6. The number of rotatable bonds is 5. The molecule has 1 fully saturated rings. The number of nitrogens with one attached hydrogen (secondary N) is 1. The Morgan fingerprint density at radius 3 is 3.07 bits per heavy atom. The van der Waals surface area contributed by atoms with Crippen LogP contribution in [0.2, 0.25) is 0 Å². The number of carboxylic acids is 1. The van der Waals surface area contributed by atoms with Crippen molar-refractivity contribution >= 4 is 5.97 Å². The zero-order chi connectivity index (χ0) is 10.4. The molecule has 0 aromatic carbocycles. The van der Waals surface area contributed by atoms with Crippen LogP contribution in [-0.4, -0.2) is 48.7 Å². The second-order valence-electron chi connectivity index (χ2n) is 4.05. The molecule has 0 spiro atoms. The van der Waals surface area contributed by atoms with Crippen LogP contribution in [0.1, 0.15) is 25.7 Å². The van der Waals surface area contributed by atoms with Crippen LogP contribution in [0.25, 0.3) is 0 Å². The largest absolute Gasteiger partial charge is 0.481 e. The maximum Gasteiger partial charge on any atom is 0.303 e. The van der Waals surface area contributed by atoms with Gasteiger partial charge in [-0.3, -0.25) is 4.79 Å². The molecule has 0 radical (unpaired) electrons. The van der Waals surface area contributed by atoms with E-state index in [0.717, 1.165) is 19.5 Å². The monoisotopic (exact) mass is 200 g/mol. The summed E-state index contributed by atoms with van der Waals surface area (Å²) in [6, 6.07) is 0.558. The number of hydrogen-bond donors (Lipinski definition) is 2. The Morgan fingerprint density at radius 2 is 2.43 bits per heavy atom. The van der Waals surface area contributed by atoms with Crippen molar-refractivity contribution in [1.82, 2.24) is 10.2 Å². The molecule has 1 atom stereocenters. The van der Waals surface area contributed by atoms with Gasteiger partial charge in [0.05, 0.1) is 0 Å². The molecule has 14 heavy (non-hydrogen) atoms. The van der Waals surface area contributed by atoms with E-state index >= 15 is 0 Å². The van der Waals surface area contributed by atoms with Crippen molar-refractivity contribution in [2.24, 2.45) is 0 Å². The van der Waals surface area contributed by atoms with Crippen molar-refractivity contribution in [2.45, 2.75) is 31.7 Å². The third kappa shape index (κ3) is 4.58. The van der Waals surface area contributed by atoms with Gasteiger partial charge in [-0.25, -0.2) is 0 Å². The predicted molar refractivity (Wildman–Crippen MR) is 55.4 cm³/mol. The van der Waals surface area contributed by atoms with Gasteiger partial charge in [0.25, 0.3) is 0 Å². The van der Waals surface area contributed by atoms with E-state index in [2.05, 4.69) is 17.3 Å². The van der Waals surface area contributed by atoms with Gasteiger partial charge in [-0.15, -0.1) is 0 Å². The molecule has 82 valence electrons. The highest BCUT2D eigenvalue weighted by molar-refractivity contribution is 5.66. The lowest BCUT2D eigenvalue weighted by molar-refractivity contribution is -0.137. The zero-order valence-corrected chi connectivity index (χ0v) is 8.83. The summed E-state index contributed by atoms with van der Waals surface area (Å²) in [5.41, 5.74) is 0. The van der Waals surface area contributed by atoms with E-state index in [1.165, 1.54) is 19.4 Å². The van der Waals surface area contributed by atoms with Gasteiger partial charge >= 0.3 is 5.97 Å². The van der Waals surface area contributed by atoms with Crippen LogP contribution in [-0.2, 0) is 4.79 Å². The third-order valence-electron chi connectivity index (χ3n) is 2.62. The Bertz CT molecular complexity index is 185. The summed E-state index contributed by atoms with van der Waals surface area (Å²) >= 11 is 0. The summed E-state index contributed by atoms with van der Waals surface area (Å²) in [5.74, 6) is -0.701. The first kappa shape index (κ1) is 11.5. The predicted octanol–water partition coefficient (Wildman–Crippen LogP) is 0.535. The fourth-order valence-electron chi connectivity index (χ4n) is 1.88. The Labute approximate surface area is 85.3 Å². The molecule has 1 heterocycles. The molecule has 1 rings (SSSR count). The van der Waals surface area contributed by atoms with E-state index in [-0.39, 0.29) is 6.42 Å². The molecule has 1 aliphatic heterocycles. The highest BCUT2D eigenvalue weighted by atomic mass is 16.4. The number of nitrogens with zero attached hydrogens (tertiary/aromatic N) is 1. The van der Waals surface area contributed by atoms with Gasteiger partial charge in [-0.2, -0.15) is 0 Å². The van der Waals surface area contributed by atoms with Crippen LogP contribution in [0.4, 0.5) is 0 Å². The Hall–Kier alpha value is -0.610. The van der Waals surface area contributed by atoms with E-state index in [0.29, 0.717) is 6.04 Å². The number of likely N-dealkylation sites (N-methyl/N-ethyl adjacent to an activating group) is 1. The zero-order valence-electron chi connectivity index (χ0n) is 8.83. The van der Waals surface area contributed by atoms with Crippen molar-refractivity contribution < 1.29 is 9.90 Å². The SMILES string of the molecule is CN1CCCC(NCCCC(=O)O)C1. The quantitative estimate of drug-likeness (QED) is 0.636. The van der Waals surface area contributed by atoms with E-state index in [1.54, 1.807) is 0 Å². The minimum absolute atomic E-state index is 0.273. The number of aliphatic carboxylic acids is 1. The van der Waals surface area contributed by atoms with Crippen LogP contribution in [0.15, 0.2) is 0 Å². The van der Waals surface area contributed by atoms with Crippen molar-refractivity contribution in [3.8, 4) is 0 Å². The van der Waals surface area contributed by atoms with Crippen molar-refractivity contribution in [3.63, 3.8) is 0 Å². The fourth-order valence-corrected chi connectivity index (χ4v) is 1.88. The summed E-state index contributed by atoms with van der Waals surface area (Å²) in [5, 5.41) is 11.9. The first-order chi connectivity index (χ1) is 6.68. The summed E-state index contributed by atoms with van der Waals surface area (Å²) < 4.78 is 0. The van der Waals surface area contributed by atoms with Gasteiger partial charge in [-0.05, 0) is 39.4 Å². The molecule has 0 amide bonds. The maximum absolute atomic E-state index is 10.3. The molecular weight excluding hydrogens is 180 g/mol. The maximum atomic E-state index is 10.3. The number of hydrogen-bond acceptors (Lipinski definition) is 3. The number of piperidine rings is 1. The van der Waals surface area contributed by atoms with Gasteiger partial charge in [0.2, 0.25) is 0 Å². The van der Waals surface area contributed by atoms with E-state index in [9.17, 15) is 4.79 Å². The third-order valence-corrected chi connectivity index (χ3v) is 2.62. The van der Waals surface area contributed by atoms with Crippen molar-refractivity contribution in [2.75, 3.05) is 26.7 Å². The molecular formula is C10H20N2O2. The number of likely N-dealkylation sites (tertiary alicyclic amines) is 1. The summed E-state index contributed by atoms with van der Waals surface area (Å²) in [6.45, 7) is 3.10. The van der Waals surface area contributed by atoms with Gasteiger partial charge in [0.1, 0.15) is 0 Å². The average molecular weight is 200 g/mol. The first-order valence-electron chi connectivity index (χ1n) is 5.32. The van der Waals surface area contributed by atoms with Gasteiger partial charge in [0, 0.05) is 19.0 Å². The van der Waals surface area contributed by atoms with Gasteiger partial charge in [0.15, 0.2) is 0 Å². The molecule has 1 aliphatic rings. The molecule has 0 aromatic heterocycles. The standard InChI is InChI=1S/C10H20N2O2/c1-12-7-3-4-9(8-12)11-6-2-5-10(13)14/h9,11H,2-8H2,1H3,(H,13,14). The minimum Gasteiger partial charge on any atom is -0.481 e. The highest BCUT2D eigenvalue weighted by Gasteiger charge is 2.15. The molecule has 0 bridgehead atoms. The molecule has 0 aromatic rings. The van der Waals surface area contributed by atoms with E-state index in [4.69, 9.17) is 5.11 Å². The van der Waals surface area contributed by atoms with Crippen LogP contribution < -0.4 is 5.32 Å². The van der Waals surface area contributed by atoms with Crippen LogP contribution in [0.3, 0.4) is 0 Å². The molecule has 4 heteroatoms. The van der Waals surface area contributed by atoms with Gasteiger partial charge in [-0.1, -0.05) is 0 Å². The molecule has 2 N–H and O–H groups in total. The van der Waals surface area contributed by atoms with Gasteiger partial charge < -0.3 is 15.3 Å². The normalized spacial score (nSPS) is 23.6. The highest BCUT2D eigenvalue weighted by Crippen LogP contribution is 2.07. The fraction of sp³-hybridized carbons (Fsp3) is 0.900. The van der Waals surface area contributed by atoms with Crippen LogP contribution in [0.5, 0.6) is 0 Å². The van der Waals surface area contributed by atoms with E-state index < -0.39 is 5.97 Å². The smallest absolute Gasteiger partial charge is 0.303 e. The number of carbonyl (C=O) groups is 1. The molecule has 0 aliphatic carbocycles. The lowest BCUT2D eigenvalue weighted by Crippen LogP contribution is -2.44. The van der Waals surface area contributed by atoms with Crippen LogP contribution >= 0.6 is 0 Å². The number of carboxylic acid groups (broad SMARTS) is 1. The average Bonchev–Trinajstić information content (AvgIpc) is 2.12. The Morgan fingerprint density at radius 1 is 1.64 bits per heavy atom. The summed E-state index contributed by atoms with van der Waals surface area (Å²) in [6.07, 6.45) is 3.47. The first-order valence-corrected chi connectivity index (χ1v) is 5.32. The molecule has 1 unspecified atom stereocenters. The lowest BCUT2D eigenvalue weighted by atomic mass is 10.1. The molecule has 1 saturated heterocycles. The lowest BCUT2D eigenvalue weighted by Gasteiger charge is -2.30. The second-order valence-corrected chi connectivity index (χ2v) is 4.05. The minimum atomic E-state index is -0.701.